The van der Waals surface area contributed by atoms with E-state index in [9.17, 15) is 0 Å². The van der Waals surface area contributed by atoms with Crippen molar-refractivity contribution in [1.82, 2.24) is 15.0 Å². The molecule has 0 unspecified atom stereocenters. The molecule has 7 heteroatoms. The quantitative estimate of drug-likeness (QED) is 0.564. The van der Waals surface area contributed by atoms with Gasteiger partial charge in [-0.3, -0.25) is 0 Å². The Balaban J connectivity index is 1.79. The Bertz CT molecular complexity index is 320. The van der Waals surface area contributed by atoms with Gasteiger partial charge in [-0.2, -0.15) is 0 Å². The van der Waals surface area contributed by atoms with Crippen molar-refractivity contribution in [2.24, 2.45) is 0 Å². The number of aromatic nitrogens is 3. The molecule has 0 aliphatic rings. The minimum Gasteiger partial charge on any atom is -0.381 e. The normalized spacial score (nSPS) is 11.0. The number of nitrogen functional groups attached to an aromatic ring is 1. The van der Waals surface area contributed by atoms with E-state index >= 15 is 0 Å². The number of hydrogen-bond acceptors (Lipinski definition) is 6. The molecule has 110 valence electrons. The van der Waals surface area contributed by atoms with Gasteiger partial charge in [0, 0.05) is 6.61 Å². The first kappa shape index (κ1) is 15.9. The molecule has 7 nitrogen and oxygen atoms in total. The molecule has 0 spiro atoms. The van der Waals surface area contributed by atoms with Crippen LogP contribution in [-0.2, 0) is 20.8 Å². The summed E-state index contributed by atoms with van der Waals surface area (Å²) in [4.78, 5) is 0. The minimum absolute atomic E-state index is 0.423. The van der Waals surface area contributed by atoms with E-state index in [0.717, 1.165) is 19.4 Å². The molecule has 0 bridgehead atoms. The van der Waals surface area contributed by atoms with E-state index < -0.39 is 0 Å². The molecular formula is C12H24N4O3. The van der Waals surface area contributed by atoms with Crippen LogP contribution in [0.15, 0.2) is 6.20 Å². The van der Waals surface area contributed by atoms with Crippen LogP contribution < -0.4 is 5.73 Å². The van der Waals surface area contributed by atoms with Gasteiger partial charge in [0.2, 0.25) is 0 Å². The molecule has 0 aliphatic carbocycles. The fourth-order valence-electron chi connectivity index (χ4n) is 1.37. The third-order valence-corrected chi connectivity index (χ3v) is 2.41. The highest BCUT2D eigenvalue weighted by atomic mass is 16.5. The van der Waals surface area contributed by atoms with Crippen LogP contribution in [0.1, 0.15) is 19.8 Å². The summed E-state index contributed by atoms with van der Waals surface area (Å²) in [5, 5.41) is 7.50. The molecule has 1 aromatic rings. The van der Waals surface area contributed by atoms with Gasteiger partial charge in [-0.05, 0) is 6.42 Å². The second-order valence-electron chi connectivity index (χ2n) is 4.10. The van der Waals surface area contributed by atoms with Crippen molar-refractivity contribution in [2.45, 2.75) is 26.3 Å². The number of rotatable bonds is 12. The van der Waals surface area contributed by atoms with Crippen molar-refractivity contribution in [1.29, 1.82) is 0 Å². The Morgan fingerprint density at radius 2 is 1.68 bits per heavy atom. The Kier molecular flexibility index (Phi) is 8.95. The molecule has 0 aliphatic heterocycles. The lowest BCUT2D eigenvalue weighted by Gasteiger charge is -2.06. The Hall–Kier alpha value is -1.18. The zero-order valence-electron chi connectivity index (χ0n) is 11.6. The standard InChI is InChI=1S/C12H24N4O3/c1-2-3-5-17-7-9-19-10-8-18-6-4-16-11-12(13)14-15-16/h11H,2-10,13H2,1H3. The van der Waals surface area contributed by atoms with Crippen molar-refractivity contribution in [3.05, 3.63) is 6.20 Å². The predicted molar refractivity (Wildman–Crippen MR) is 71.8 cm³/mol. The summed E-state index contributed by atoms with van der Waals surface area (Å²) in [6.45, 7) is 6.59. The molecule has 0 saturated carbocycles. The summed E-state index contributed by atoms with van der Waals surface area (Å²) >= 11 is 0. The van der Waals surface area contributed by atoms with Crippen LogP contribution in [0.25, 0.3) is 0 Å². The van der Waals surface area contributed by atoms with E-state index in [-0.39, 0.29) is 0 Å². The van der Waals surface area contributed by atoms with E-state index in [4.69, 9.17) is 19.9 Å². The van der Waals surface area contributed by atoms with E-state index in [1.807, 2.05) is 0 Å². The molecule has 1 aromatic heterocycles. The molecule has 1 heterocycles. The topological polar surface area (TPSA) is 84.4 Å². The molecule has 19 heavy (non-hydrogen) atoms. The van der Waals surface area contributed by atoms with Gasteiger partial charge in [0.15, 0.2) is 5.82 Å². The number of hydrogen-bond donors (Lipinski definition) is 1. The zero-order valence-corrected chi connectivity index (χ0v) is 11.6. The lowest BCUT2D eigenvalue weighted by atomic mass is 10.4. The fraction of sp³-hybridized carbons (Fsp3) is 0.833. The molecular weight excluding hydrogens is 248 g/mol. The number of ether oxygens (including phenoxy) is 3. The third kappa shape index (κ3) is 8.52. The van der Waals surface area contributed by atoms with Gasteiger partial charge in [0.25, 0.3) is 0 Å². The molecule has 0 fully saturated rings. The van der Waals surface area contributed by atoms with E-state index in [1.165, 1.54) is 0 Å². The maximum atomic E-state index is 5.44. The van der Waals surface area contributed by atoms with Crippen molar-refractivity contribution in [3.8, 4) is 0 Å². The number of unbranched alkanes of at least 4 members (excludes halogenated alkanes) is 1. The number of anilines is 1. The second kappa shape index (κ2) is 10.7. The van der Waals surface area contributed by atoms with Crippen molar-refractivity contribution in [2.75, 3.05) is 45.4 Å². The van der Waals surface area contributed by atoms with Gasteiger partial charge >= 0.3 is 0 Å². The molecule has 0 amide bonds. The first-order valence-corrected chi connectivity index (χ1v) is 6.71. The fourth-order valence-corrected chi connectivity index (χ4v) is 1.37. The first-order chi connectivity index (χ1) is 9.33. The predicted octanol–water partition coefficient (Wildman–Crippen LogP) is 0.710. The summed E-state index contributed by atoms with van der Waals surface area (Å²) in [6, 6.07) is 0. The second-order valence-corrected chi connectivity index (χ2v) is 4.10. The highest BCUT2D eigenvalue weighted by molar-refractivity contribution is 5.19. The first-order valence-electron chi connectivity index (χ1n) is 6.71. The highest BCUT2D eigenvalue weighted by Gasteiger charge is 1.96. The Morgan fingerprint density at radius 1 is 1.05 bits per heavy atom. The van der Waals surface area contributed by atoms with E-state index in [2.05, 4.69) is 17.2 Å². The molecule has 0 saturated heterocycles. The van der Waals surface area contributed by atoms with Crippen LogP contribution in [0.3, 0.4) is 0 Å². The van der Waals surface area contributed by atoms with Crippen LogP contribution >= 0.6 is 0 Å². The summed E-state index contributed by atoms with van der Waals surface area (Å²) in [5.74, 6) is 0.423. The SMILES string of the molecule is CCCCOCCOCCOCCn1cc(N)nn1. The van der Waals surface area contributed by atoms with Gasteiger partial charge in [0.05, 0.1) is 45.8 Å². The number of nitrogens with zero attached hydrogens (tertiary/aromatic N) is 3. The van der Waals surface area contributed by atoms with E-state index in [0.29, 0.717) is 45.4 Å². The van der Waals surface area contributed by atoms with Gasteiger partial charge in [-0.1, -0.05) is 18.6 Å². The monoisotopic (exact) mass is 272 g/mol. The third-order valence-electron chi connectivity index (χ3n) is 2.41. The summed E-state index contributed by atoms with van der Waals surface area (Å²) in [7, 11) is 0. The molecule has 0 radical (unpaired) electrons. The van der Waals surface area contributed by atoms with Crippen LogP contribution in [0.2, 0.25) is 0 Å². The van der Waals surface area contributed by atoms with Gasteiger partial charge < -0.3 is 19.9 Å². The minimum atomic E-state index is 0.423. The Morgan fingerprint density at radius 3 is 2.26 bits per heavy atom. The summed E-state index contributed by atoms with van der Waals surface area (Å²) in [5.41, 5.74) is 5.44. The van der Waals surface area contributed by atoms with Crippen molar-refractivity contribution < 1.29 is 14.2 Å². The van der Waals surface area contributed by atoms with Crippen LogP contribution in [0.5, 0.6) is 0 Å². The van der Waals surface area contributed by atoms with E-state index in [1.54, 1.807) is 10.9 Å². The lowest BCUT2D eigenvalue weighted by Crippen LogP contribution is -2.12. The van der Waals surface area contributed by atoms with Gasteiger partial charge in [-0.25, -0.2) is 4.68 Å². The van der Waals surface area contributed by atoms with Crippen LogP contribution in [0, 0.1) is 0 Å². The van der Waals surface area contributed by atoms with Gasteiger partial charge in [0.1, 0.15) is 0 Å². The molecule has 2 N–H and O–H groups in total. The molecule has 0 atom stereocenters. The molecule has 1 rings (SSSR count). The van der Waals surface area contributed by atoms with Gasteiger partial charge in [-0.15, -0.1) is 5.10 Å². The zero-order chi connectivity index (χ0) is 13.8. The average Bonchev–Trinajstić information content (AvgIpc) is 2.82. The number of nitrogens with two attached hydrogens (primary N) is 1. The maximum absolute atomic E-state index is 5.44. The smallest absolute Gasteiger partial charge is 0.165 e. The highest BCUT2D eigenvalue weighted by Crippen LogP contribution is 1.92. The van der Waals surface area contributed by atoms with Crippen LogP contribution in [0.4, 0.5) is 5.82 Å². The van der Waals surface area contributed by atoms with Crippen molar-refractivity contribution >= 4 is 5.82 Å². The van der Waals surface area contributed by atoms with Crippen LogP contribution in [-0.4, -0.2) is 54.6 Å². The Labute approximate surface area is 114 Å². The maximum Gasteiger partial charge on any atom is 0.165 e. The summed E-state index contributed by atoms with van der Waals surface area (Å²) < 4.78 is 17.8. The summed E-state index contributed by atoms with van der Waals surface area (Å²) in [6.07, 6.45) is 3.94. The lowest BCUT2D eigenvalue weighted by molar-refractivity contribution is 0.0123. The molecule has 0 aromatic carbocycles. The van der Waals surface area contributed by atoms with Crippen molar-refractivity contribution in [3.63, 3.8) is 0 Å². The largest absolute Gasteiger partial charge is 0.381 e. The average molecular weight is 272 g/mol.